The molecule has 1 aromatic heterocycles. The largest absolute Gasteiger partial charge is 0.376 e. The normalized spacial score (nSPS) is 23.4. The quantitative estimate of drug-likeness (QED) is 0.820. The van der Waals surface area contributed by atoms with Gasteiger partial charge in [0, 0.05) is 47.8 Å². The summed E-state index contributed by atoms with van der Waals surface area (Å²) in [6.45, 7) is 6.39. The van der Waals surface area contributed by atoms with Crippen LogP contribution in [0.15, 0.2) is 30.3 Å². The standard InChI is InChI=1S/C23H30ClN3O2/c1-15-14-20(16(2)27(15)19-7-5-18(24)6-8-19)23(28)26-11-9-17(10-12-26)22-21(25)4-3-13-29-22/h5-8,14,17,21-22H,3-4,9-13,25H2,1-2H3. The first kappa shape index (κ1) is 20.5. The highest BCUT2D eigenvalue weighted by Crippen LogP contribution is 2.30. The summed E-state index contributed by atoms with van der Waals surface area (Å²) in [5, 5.41) is 0.706. The molecule has 2 aliphatic heterocycles. The number of halogens is 1. The smallest absolute Gasteiger partial charge is 0.255 e. The molecule has 1 amide bonds. The fourth-order valence-corrected chi connectivity index (χ4v) is 5.01. The molecule has 5 nitrogen and oxygen atoms in total. The van der Waals surface area contributed by atoms with Crippen molar-refractivity contribution in [1.29, 1.82) is 0 Å². The third kappa shape index (κ3) is 4.09. The third-order valence-electron chi connectivity index (χ3n) is 6.45. The molecule has 2 aromatic rings. The van der Waals surface area contributed by atoms with E-state index in [4.69, 9.17) is 22.1 Å². The number of nitrogens with zero attached hydrogens (tertiary/aromatic N) is 2. The Morgan fingerprint density at radius 1 is 1.14 bits per heavy atom. The first-order chi connectivity index (χ1) is 14.0. The van der Waals surface area contributed by atoms with Crippen LogP contribution >= 0.6 is 11.6 Å². The minimum Gasteiger partial charge on any atom is -0.376 e. The summed E-state index contributed by atoms with van der Waals surface area (Å²) in [7, 11) is 0. The maximum atomic E-state index is 13.3. The monoisotopic (exact) mass is 415 g/mol. The summed E-state index contributed by atoms with van der Waals surface area (Å²) in [4.78, 5) is 15.2. The predicted octanol–water partition coefficient (Wildman–Crippen LogP) is 4.11. The van der Waals surface area contributed by atoms with Gasteiger partial charge in [0.25, 0.3) is 5.91 Å². The number of aryl methyl sites for hydroxylation is 1. The van der Waals surface area contributed by atoms with Crippen molar-refractivity contribution in [2.75, 3.05) is 19.7 Å². The Bertz CT molecular complexity index is 869. The highest BCUT2D eigenvalue weighted by atomic mass is 35.5. The van der Waals surface area contributed by atoms with Crippen molar-refractivity contribution in [2.45, 2.75) is 51.7 Å². The first-order valence-electron chi connectivity index (χ1n) is 10.6. The van der Waals surface area contributed by atoms with Gasteiger partial charge in [-0.25, -0.2) is 0 Å². The number of hydrogen-bond acceptors (Lipinski definition) is 3. The number of nitrogens with two attached hydrogens (primary N) is 1. The number of amides is 1. The zero-order valence-corrected chi connectivity index (χ0v) is 18.0. The van der Waals surface area contributed by atoms with Crippen LogP contribution in [0.5, 0.6) is 0 Å². The van der Waals surface area contributed by atoms with Crippen molar-refractivity contribution >= 4 is 17.5 Å². The second-order valence-electron chi connectivity index (χ2n) is 8.37. The maximum Gasteiger partial charge on any atom is 0.255 e. The number of piperidine rings is 1. The van der Waals surface area contributed by atoms with Crippen molar-refractivity contribution < 1.29 is 9.53 Å². The average molecular weight is 416 g/mol. The van der Waals surface area contributed by atoms with Crippen LogP contribution in [0, 0.1) is 19.8 Å². The fraction of sp³-hybridized carbons (Fsp3) is 0.522. The van der Waals surface area contributed by atoms with E-state index in [9.17, 15) is 4.79 Å². The second-order valence-corrected chi connectivity index (χ2v) is 8.80. The Morgan fingerprint density at radius 3 is 2.48 bits per heavy atom. The Labute approximate surface area is 177 Å². The van der Waals surface area contributed by atoms with E-state index in [2.05, 4.69) is 4.57 Å². The lowest BCUT2D eigenvalue weighted by Gasteiger charge is -2.40. The van der Waals surface area contributed by atoms with Gasteiger partial charge in [0.1, 0.15) is 0 Å². The van der Waals surface area contributed by atoms with Crippen molar-refractivity contribution in [1.82, 2.24) is 9.47 Å². The van der Waals surface area contributed by atoms with Crippen LogP contribution in [0.3, 0.4) is 0 Å². The molecule has 0 radical (unpaired) electrons. The van der Waals surface area contributed by atoms with Gasteiger partial charge in [0.2, 0.25) is 0 Å². The number of aromatic nitrogens is 1. The average Bonchev–Trinajstić information content (AvgIpc) is 3.03. The Morgan fingerprint density at radius 2 is 1.83 bits per heavy atom. The molecule has 0 aliphatic carbocycles. The summed E-state index contributed by atoms with van der Waals surface area (Å²) in [5.41, 5.74) is 10.1. The molecule has 1 aromatic carbocycles. The first-order valence-corrected chi connectivity index (χ1v) is 10.9. The van der Waals surface area contributed by atoms with E-state index in [1.54, 1.807) is 0 Å². The molecule has 3 heterocycles. The molecule has 2 saturated heterocycles. The molecule has 0 spiro atoms. The van der Waals surface area contributed by atoms with Gasteiger partial charge in [-0.05, 0) is 75.8 Å². The number of carbonyl (C=O) groups excluding carboxylic acids is 1. The van der Waals surface area contributed by atoms with Crippen LogP contribution in [0.4, 0.5) is 0 Å². The molecule has 2 fully saturated rings. The Balaban J connectivity index is 1.47. The van der Waals surface area contributed by atoms with Crippen LogP contribution in [-0.2, 0) is 4.74 Å². The number of rotatable bonds is 3. The number of ether oxygens (including phenoxy) is 1. The van der Waals surface area contributed by atoms with Gasteiger partial charge in [-0.1, -0.05) is 11.6 Å². The summed E-state index contributed by atoms with van der Waals surface area (Å²) >= 11 is 6.03. The van der Waals surface area contributed by atoms with E-state index in [1.807, 2.05) is 49.1 Å². The van der Waals surface area contributed by atoms with Gasteiger partial charge in [-0.15, -0.1) is 0 Å². The lowest BCUT2D eigenvalue weighted by atomic mass is 9.85. The molecule has 0 bridgehead atoms. The van der Waals surface area contributed by atoms with Gasteiger partial charge in [0.05, 0.1) is 11.7 Å². The van der Waals surface area contributed by atoms with E-state index in [1.165, 1.54) is 0 Å². The van der Waals surface area contributed by atoms with E-state index in [-0.39, 0.29) is 18.1 Å². The van der Waals surface area contributed by atoms with E-state index in [0.717, 1.165) is 68.0 Å². The van der Waals surface area contributed by atoms with Crippen LogP contribution in [0.2, 0.25) is 5.02 Å². The number of likely N-dealkylation sites (tertiary alicyclic amines) is 1. The van der Waals surface area contributed by atoms with Gasteiger partial charge >= 0.3 is 0 Å². The van der Waals surface area contributed by atoms with Crippen LogP contribution in [0.1, 0.15) is 47.4 Å². The summed E-state index contributed by atoms with van der Waals surface area (Å²) in [5.74, 6) is 0.571. The highest BCUT2D eigenvalue weighted by molar-refractivity contribution is 6.30. The van der Waals surface area contributed by atoms with Crippen LogP contribution in [-0.4, -0.2) is 47.2 Å². The predicted molar refractivity (Wildman–Crippen MR) is 116 cm³/mol. The minimum atomic E-state index is 0.116. The topological polar surface area (TPSA) is 60.5 Å². The summed E-state index contributed by atoms with van der Waals surface area (Å²) in [6, 6.07) is 9.85. The van der Waals surface area contributed by atoms with Crippen molar-refractivity contribution in [3.63, 3.8) is 0 Å². The van der Waals surface area contributed by atoms with Crippen molar-refractivity contribution in [3.8, 4) is 5.69 Å². The molecule has 156 valence electrons. The van der Waals surface area contributed by atoms with Crippen molar-refractivity contribution in [3.05, 3.63) is 52.3 Å². The second kappa shape index (κ2) is 8.50. The zero-order valence-electron chi connectivity index (χ0n) is 17.2. The number of hydrogen-bond donors (Lipinski definition) is 1. The van der Waals surface area contributed by atoms with Crippen LogP contribution < -0.4 is 5.73 Å². The molecule has 6 heteroatoms. The highest BCUT2D eigenvalue weighted by Gasteiger charge is 2.34. The molecular formula is C23H30ClN3O2. The number of benzene rings is 1. The van der Waals surface area contributed by atoms with Gasteiger partial charge in [0.15, 0.2) is 0 Å². The van der Waals surface area contributed by atoms with E-state index >= 15 is 0 Å². The van der Waals surface area contributed by atoms with Crippen molar-refractivity contribution in [2.24, 2.45) is 11.7 Å². The molecular weight excluding hydrogens is 386 g/mol. The van der Waals surface area contributed by atoms with E-state index < -0.39 is 0 Å². The number of carbonyl (C=O) groups is 1. The molecule has 2 unspecified atom stereocenters. The van der Waals surface area contributed by atoms with Gasteiger partial charge in [-0.2, -0.15) is 0 Å². The molecule has 2 N–H and O–H groups in total. The molecule has 29 heavy (non-hydrogen) atoms. The summed E-state index contributed by atoms with van der Waals surface area (Å²) < 4.78 is 8.08. The van der Waals surface area contributed by atoms with Gasteiger partial charge < -0.3 is 19.9 Å². The van der Waals surface area contributed by atoms with Crippen LogP contribution in [0.25, 0.3) is 5.69 Å². The van der Waals surface area contributed by atoms with E-state index in [0.29, 0.717) is 10.9 Å². The Hall–Kier alpha value is -1.82. The summed E-state index contributed by atoms with van der Waals surface area (Å²) in [6.07, 6.45) is 4.16. The SMILES string of the molecule is Cc1cc(C(=O)N2CCC(C3OCCCC3N)CC2)c(C)n1-c1ccc(Cl)cc1. The molecule has 2 aliphatic rings. The minimum absolute atomic E-state index is 0.116. The molecule has 0 saturated carbocycles. The fourth-order valence-electron chi connectivity index (χ4n) is 4.88. The maximum absolute atomic E-state index is 13.3. The molecule has 4 rings (SSSR count). The van der Waals surface area contributed by atoms with Gasteiger partial charge in [-0.3, -0.25) is 4.79 Å². The lowest BCUT2D eigenvalue weighted by molar-refractivity contribution is -0.0480. The zero-order chi connectivity index (χ0) is 20.5. The lowest BCUT2D eigenvalue weighted by Crippen LogP contribution is -2.49. The molecule has 2 atom stereocenters. The Kier molecular flexibility index (Phi) is 6.00. The third-order valence-corrected chi connectivity index (χ3v) is 6.70.